The maximum absolute atomic E-state index is 9.20. The van der Waals surface area contributed by atoms with Crippen LogP contribution in [0.1, 0.15) is 45.4 Å². The van der Waals surface area contributed by atoms with Crippen molar-refractivity contribution in [2.24, 2.45) is 0 Å². The summed E-state index contributed by atoms with van der Waals surface area (Å²) in [6, 6.07) is 3.88. The van der Waals surface area contributed by atoms with Crippen LogP contribution in [0.25, 0.3) is 0 Å². The van der Waals surface area contributed by atoms with Gasteiger partial charge in [0, 0.05) is 11.2 Å². The van der Waals surface area contributed by atoms with Gasteiger partial charge in [-0.2, -0.15) is 0 Å². The molecule has 0 aliphatic carbocycles. The van der Waals surface area contributed by atoms with Crippen LogP contribution < -0.4 is 5.32 Å². The minimum atomic E-state index is -0.00936. The Kier molecular flexibility index (Phi) is 4.30. The summed E-state index contributed by atoms with van der Waals surface area (Å²) in [4.78, 5) is 4.53. The van der Waals surface area contributed by atoms with Gasteiger partial charge < -0.3 is 10.4 Å². The number of nitrogens with zero attached hydrogens (tertiary/aromatic N) is 1. The lowest BCUT2D eigenvalue weighted by Gasteiger charge is -2.22. The molecule has 0 bridgehead atoms. The fraction of sp³-hybridized carbons (Fsp3) is 0.615. The number of rotatable bonds is 4. The van der Waals surface area contributed by atoms with Crippen molar-refractivity contribution in [3.63, 3.8) is 0 Å². The third-order valence-corrected chi connectivity index (χ3v) is 2.13. The van der Waals surface area contributed by atoms with Crippen LogP contribution in [0.15, 0.2) is 12.1 Å². The average molecular weight is 222 g/mol. The second-order valence-corrected chi connectivity index (χ2v) is 5.14. The van der Waals surface area contributed by atoms with E-state index in [9.17, 15) is 5.11 Å². The maximum Gasteiger partial charge on any atom is 0.126 e. The van der Waals surface area contributed by atoms with E-state index in [1.807, 2.05) is 12.1 Å². The molecule has 0 saturated heterocycles. The summed E-state index contributed by atoms with van der Waals surface area (Å²) in [7, 11) is 0. The van der Waals surface area contributed by atoms with E-state index < -0.39 is 0 Å². The lowest BCUT2D eigenvalue weighted by atomic mass is 10.1. The van der Waals surface area contributed by atoms with E-state index >= 15 is 0 Å². The molecule has 0 aliphatic heterocycles. The first-order valence-electron chi connectivity index (χ1n) is 5.83. The monoisotopic (exact) mass is 222 g/mol. The zero-order valence-electron chi connectivity index (χ0n) is 10.7. The highest BCUT2D eigenvalue weighted by molar-refractivity contribution is 5.41. The first-order valence-corrected chi connectivity index (χ1v) is 5.83. The van der Waals surface area contributed by atoms with E-state index in [-0.39, 0.29) is 12.1 Å². The highest BCUT2D eigenvalue weighted by Gasteiger charge is 2.11. The van der Waals surface area contributed by atoms with Gasteiger partial charge in [0.15, 0.2) is 0 Å². The number of aliphatic hydroxyl groups excluding tert-OH is 1. The summed E-state index contributed by atoms with van der Waals surface area (Å²) in [5.41, 5.74) is 1.95. The Morgan fingerprint density at radius 2 is 2.00 bits per heavy atom. The van der Waals surface area contributed by atoms with Gasteiger partial charge in [-0.1, -0.05) is 13.3 Å². The van der Waals surface area contributed by atoms with Crippen molar-refractivity contribution < 1.29 is 5.11 Å². The first-order chi connectivity index (χ1) is 7.44. The molecule has 0 fully saturated rings. The zero-order valence-corrected chi connectivity index (χ0v) is 10.7. The SMILES string of the molecule is CCCc1cc(CO)cc(NC(C)(C)C)n1. The standard InChI is InChI=1S/C13H22N2O/c1-5-6-11-7-10(9-16)8-12(14-11)15-13(2,3)4/h7-8,16H,5-6,9H2,1-4H3,(H,14,15). The number of aryl methyl sites for hydroxylation is 1. The molecule has 3 nitrogen and oxygen atoms in total. The molecular formula is C13H22N2O. The molecule has 0 amide bonds. The molecule has 0 aromatic carbocycles. The molecule has 2 N–H and O–H groups in total. The van der Waals surface area contributed by atoms with Crippen LogP contribution in [-0.2, 0) is 13.0 Å². The maximum atomic E-state index is 9.20. The normalized spacial score (nSPS) is 11.6. The van der Waals surface area contributed by atoms with Crippen molar-refractivity contribution in [2.45, 2.75) is 52.7 Å². The van der Waals surface area contributed by atoms with Crippen LogP contribution >= 0.6 is 0 Å². The number of aliphatic hydroxyl groups is 1. The number of nitrogens with one attached hydrogen (secondary N) is 1. The number of hydrogen-bond donors (Lipinski definition) is 2. The summed E-state index contributed by atoms with van der Waals surface area (Å²) in [6.07, 6.45) is 2.02. The van der Waals surface area contributed by atoms with Crippen LogP contribution in [0, 0.1) is 0 Å². The van der Waals surface area contributed by atoms with E-state index in [0.29, 0.717) is 0 Å². The fourth-order valence-electron chi connectivity index (χ4n) is 1.57. The van der Waals surface area contributed by atoms with Crippen LogP contribution in [0.5, 0.6) is 0 Å². The van der Waals surface area contributed by atoms with Crippen molar-refractivity contribution in [2.75, 3.05) is 5.32 Å². The summed E-state index contributed by atoms with van der Waals surface area (Å²) in [6.45, 7) is 8.49. The fourth-order valence-corrected chi connectivity index (χ4v) is 1.57. The topological polar surface area (TPSA) is 45.1 Å². The van der Waals surface area contributed by atoms with Gasteiger partial charge in [-0.05, 0) is 44.9 Å². The molecular weight excluding hydrogens is 200 g/mol. The predicted molar refractivity (Wildman–Crippen MR) is 67.5 cm³/mol. The molecule has 0 aliphatic rings. The summed E-state index contributed by atoms with van der Waals surface area (Å²) < 4.78 is 0. The molecule has 3 heteroatoms. The molecule has 0 atom stereocenters. The number of aromatic nitrogens is 1. The number of anilines is 1. The van der Waals surface area contributed by atoms with Gasteiger partial charge in [0.25, 0.3) is 0 Å². The van der Waals surface area contributed by atoms with Crippen molar-refractivity contribution >= 4 is 5.82 Å². The summed E-state index contributed by atoms with van der Waals surface area (Å²) >= 11 is 0. The van der Waals surface area contributed by atoms with E-state index in [2.05, 4.69) is 38.0 Å². The third kappa shape index (κ3) is 4.19. The van der Waals surface area contributed by atoms with Gasteiger partial charge in [0.05, 0.1) is 6.61 Å². The van der Waals surface area contributed by atoms with Crippen LogP contribution in [0.3, 0.4) is 0 Å². The van der Waals surface area contributed by atoms with Crippen molar-refractivity contribution in [3.05, 3.63) is 23.4 Å². The molecule has 1 aromatic heterocycles. The van der Waals surface area contributed by atoms with E-state index in [1.54, 1.807) is 0 Å². The Bertz CT molecular complexity index is 342. The molecule has 0 unspecified atom stereocenters. The van der Waals surface area contributed by atoms with Crippen molar-refractivity contribution in [1.82, 2.24) is 4.98 Å². The molecule has 90 valence electrons. The van der Waals surface area contributed by atoms with Crippen molar-refractivity contribution in [1.29, 1.82) is 0 Å². The quantitative estimate of drug-likeness (QED) is 0.823. The minimum absolute atomic E-state index is 0.00936. The largest absolute Gasteiger partial charge is 0.392 e. The van der Waals surface area contributed by atoms with Crippen molar-refractivity contribution in [3.8, 4) is 0 Å². The second-order valence-electron chi connectivity index (χ2n) is 5.14. The lowest BCUT2D eigenvalue weighted by Crippen LogP contribution is -2.27. The van der Waals surface area contributed by atoms with Gasteiger partial charge in [-0.15, -0.1) is 0 Å². The molecule has 1 rings (SSSR count). The Balaban J connectivity index is 2.95. The van der Waals surface area contributed by atoms with E-state index in [4.69, 9.17) is 0 Å². The molecule has 0 saturated carbocycles. The first kappa shape index (κ1) is 13.0. The summed E-state index contributed by atoms with van der Waals surface area (Å²) in [5.74, 6) is 0.850. The molecule has 1 heterocycles. The zero-order chi connectivity index (χ0) is 12.2. The Hall–Kier alpha value is -1.09. The van der Waals surface area contributed by atoms with Crippen LogP contribution in [0.4, 0.5) is 5.82 Å². The number of hydrogen-bond acceptors (Lipinski definition) is 3. The second kappa shape index (κ2) is 5.30. The van der Waals surface area contributed by atoms with Gasteiger partial charge in [0.2, 0.25) is 0 Å². The third-order valence-electron chi connectivity index (χ3n) is 2.13. The minimum Gasteiger partial charge on any atom is -0.392 e. The van der Waals surface area contributed by atoms with Gasteiger partial charge in [-0.3, -0.25) is 0 Å². The van der Waals surface area contributed by atoms with Gasteiger partial charge in [0.1, 0.15) is 5.82 Å². The molecule has 0 radical (unpaired) electrons. The average Bonchev–Trinajstić information content (AvgIpc) is 2.15. The lowest BCUT2D eigenvalue weighted by molar-refractivity contribution is 0.281. The highest BCUT2D eigenvalue weighted by atomic mass is 16.3. The van der Waals surface area contributed by atoms with Gasteiger partial charge >= 0.3 is 0 Å². The molecule has 1 aromatic rings. The van der Waals surface area contributed by atoms with Crippen LogP contribution in [0.2, 0.25) is 0 Å². The van der Waals surface area contributed by atoms with E-state index in [0.717, 1.165) is 29.9 Å². The Morgan fingerprint density at radius 1 is 1.31 bits per heavy atom. The Labute approximate surface area is 97.9 Å². The van der Waals surface area contributed by atoms with E-state index in [1.165, 1.54) is 0 Å². The highest BCUT2D eigenvalue weighted by Crippen LogP contribution is 2.16. The summed E-state index contributed by atoms with van der Waals surface area (Å²) in [5, 5.41) is 12.5. The molecule has 16 heavy (non-hydrogen) atoms. The smallest absolute Gasteiger partial charge is 0.126 e. The number of pyridine rings is 1. The van der Waals surface area contributed by atoms with Crippen LogP contribution in [-0.4, -0.2) is 15.6 Å². The Morgan fingerprint density at radius 3 is 2.50 bits per heavy atom. The molecule has 0 spiro atoms. The van der Waals surface area contributed by atoms with Gasteiger partial charge in [-0.25, -0.2) is 4.98 Å². The predicted octanol–water partition coefficient (Wildman–Crippen LogP) is 2.74.